The van der Waals surface area contributed by atoms with Crippen molar-refractivity contribution in [1.29, 1.82) is 0 Å². The molecule has 0 bridgehead atoms. The fraction of sp³-hybridized carbons (Fsp3) is 0.429. The first-order valence-electron chi connectivity index (χ1n) is 6.38. The molecule has 1 aromatic carbocycles. The summed E-state index contributed by atoms with van der Waals surface area (Å²) in [5, 5.41) is 14.4. The van der Waals surface area contributed by atoms with Crippen LogP contribution in [-0.4, -0.2) is 48.2 Å². The fourth-order valence-electron chi connectivity index (χ4n) is 1.40. The number of hydrogen-bond donors (Lipinski definition) is 3. The minimum Gasteiger partial charge on any atom is -0.478 e. The molecule has 1 aromatic rings. The van der Waals surface area contributed by atoms with Crippen molar-refractivity contribution in [1.82, 2.24) is 10.2 Å². The first kappa shape index (κ1) is 17.3. The van der Waals surface area contributed by atoms with Crippen molar-refractivity contribution >= 4 is 29.3 Å². The van der Waals surface area contributed by atoms with Gasteiger partial charge in [0.1, 0.15) is 0 Å². The van der Waals surface area contributed by atoms with E-state index in [1.165, 1.54) is 12.1 Å². The van der Waals surface area contributed by atoms with E-state index in [1.807, 2.05) is 32.8 Å². The van der Waals surface area contributed by atoms with Gasteiger partial charge < -0.3 is 20.6 Å². The maximum Gasteiger partial charge on any atom is 0.337 e. The Hall–Kier alpha value is -1.79. The molecule has 0 aliphatic carbocycles. The number of urea groups is 1. The van der Waals surface area contributed by atoms with Crippen molar-refractivity contribution < 1.29 is 14.7 Å². The van der Waals surface area contributed by atoms with Crippen molar-refractivity contribution in [3.63, 3.8) is 0 Å². The third-order valence-electron chi connectivity index (χ3n) is 3.35. The third-order valence-corrected chi connectivity index (χ3v) is 3.68. The molecule has 116 valence electrons. The number of carbonyl (C=O) groups excluding carboxylic acids is 1. The number of halogens is 1. The molecule has 0 radical (unpaired) electrons. The Morgan fingerprint density at radius 1 is 1.33 bits per heavy atom. The largest absolute Gasteiger partial charge is 0.478 e. The van der Waals surface area contributed by atoms with Gasteiger partial charge in [-0.1, -0.05) is 11.6 Å². The van der Waals surface area contributed by atoms with E-state index in [0.29, 0.717) is 12.2 Å². The number of rotatable bonds is 5. The Morgan fingerprint density at radius 3 is 2.48 bits per heavy atom. The molecule has 6 nitrogen and oxygen atoms in total. The van der Waals surface area contributed by atoms with Gasteiger partial charge in [-0.25, -0.2) is 9.59 Å². The van der Waals surface area contributed by atoms with Crippen molar-refractivity contribution in [3.05, 3.63) is 28.8 Å². The minimum absolute atomic E-state index is 0.0527. The van der Waals surface area contributed by atoms with E-state index in [1.54, 1.807) is 6.07 Å². The molecule has 0 saturated heterocycles. The summed E-state index contributed by atoms with van der Waals surface area (Å²) in [7, 11) is 3.86. The van der Waals surface area contributed by atoms with Crippen LogP contribution >= 0.6 is 11.6 Å². The van der Waals surface area contributed by atoms with E-state index in [9.17, 15) is 9.59 Å². The van der Waals surface area contributed by atoms with Gasteiger partial charge in [0.15, 0.2) is 0 Å². The number of anilines is 1. The van der Waals surface area contributed by atoms with Crippen molar-refractivity contribution in [2.45, 2.75) is 19.4 Å². The van der Waals surface area contributed by atoms with Gasteiger partial charge in [-0.05, 0) is 46.1 Å². The van der Waals surface area contributed by atoms with Crippen LogP contribution in [0.5, 0.6) is 0 Å². The topological polar surface area (TPSA) is 81.7 Å². The summed E-state index contributed by atoms with van der Waals surface area (Å²) in [6, 6.07) is 3.90. The number of amides is 2. The van der Waals surface area contributed by atoms with E-state index in [2.05, 4.69) is 10.6 Å². The second-order valence-electron chi connectivity index (χ2n) is 5.51. The molecule has 0 saturated carbocycles. The van der Waals surface area contributed by atoms with Crippen LogP contribution in [0.3, 0.4) is 0 Å². The normalized spacial score (nSPS) is 11.3. The highest BCUT2D eigenvalue weighted by Gasteiger charge is 2.21. The van der Waals surface area contributed by atoms with Gasteiger partial charge in [0.2, 0.25) is 0 Å². The number of carboxylic acids is 1. The second kappa shape index (κ2) is 6.78. The van der Waals surface area contributed by atoms with E-state index < -0.39 is 12.0 Å². The Bertz CT molecular complexity index is 544. The van der Waals surface area contributed by atoms with Gasteiger partial charge in [0.05, 0.1) is 10.6 Å². The molecule has 0 aromatic heterocycles. The van der Waals surface area contributed by atoms with Gasteiger partial charge in [-0.3, -0.25) is 0 Å². The van der Waals surface area contributed by atoms with Gasteiger partial charge >= 0.3 is 12.0 Å². The van der Waals surface area contributed by atoms with Crippen molar-refractivity contribution in [3.8, 4) is 0 Å². The molecule has 0 heterocycles. The predicted octanol–water partition coefficient (Wildman–Crippen LogP) is 2.50. The molecule has 0 atom stereocenters. The second-order valence-corrected chi connectivity index (χ2v) is 5.92. The standard InChI is InChI=1S/C14H20ClN3O3/c1-14(2,18(3)4)8-16-13(21)17-9-5-6-11(15)10(7-9)12(19)20/h5-7H,8H2,1-4H3,(H,19,20)(H2,16,17,21). The summed E-state index contributed by atoms with van der Waals surface area (Å²) in [4.78, 5) is 24.8. The molecule has 7 heteroatoms. The molecular formula is C14H20ClN3O3. The smallest absolute Gasteiger partial charge is 0.337 e. The molecule has 3 N–H and O–H groups in total. The quantitative estimate of drug-likeness (QED) is 0.780. The molecular weight excluding hydrogens is 294 g/mol. The zero-order valence-corrected chi connectivity index (χ0v) is 13.3. The van der Waals surface area contributed by atoms with Gasteiger partial charge in [0, 0.05) is 17.8 Å². The first-order valence-corrected chi connectivity index (χ1v) is 6.76. The highest BCUT2D eigenvalue weighted by molar-refractivity contribution is 6.33. The first-order chi connectivity index (χ1) is 9.63. The van der Waals surface area contributed by atoms with Crippen LogP contribution < -0.4 is 10.6 Å². The van der Waals surface area contributed by atoms with Crippen LogP contribution in [0.15, 0.2) is 18.2 Å². The third kappa shape index (κ3) is 4.91. The van der Waals surface area contributed by atoms with E-state index >= 15 is 0 Å². The number of aromatic carboxylic acids is 1. The Morgan fingerprint density at radius 2 is 1.95 bits per heavy atom. The van der Waals surface area contributed by atoms with Crippen molar-refractivity contribution in [2.24, 2.45) is 0 Å². The van der Waals surface area contributed by atoms with Gasteiger partial charge in [-0.2, -0.15) is 0 Å². The predicted molar refractivity (Wildman–Crippen MR) is 83.2 cm³/mol. The van der Waals surface area contributed by atoms with Gasteiger partial charge in [0.25, 0.3) is 0 Å². The molecule has 0 unspecified atom stereocenters. The summed E-state index contributed by atoms with van der Waals surface area (Å²) >= 11 is 5.77. The highest BCUT2D eigenvalue weighted by Crippen LogP contribution is 2.20. The Labute approximate surface area is 129 Å². The van der Waals surface area contributed by atoms with Crippen LogP contribution in [0.4, 0.5) is 10.5 Å². The summed E-state index contributed by atoms with van der Waals surface area (Å²) in [6.07, 6.45) is 0. The lowest BCUT2D eigenvalue weighted by molar-refractivity contribution is 0.0697. The summed E-state index contributed by atoms with van der Waals surface area (Å²) in [5.74, 6) is -1.14. The molecule has 21 heavy (non-hydrogen) atoms. The lowest BCUT2D eigenvalue weighted by Gasteiger charge is -2.32. The molecule has 0 fully saturated rings. The van der Waals surface area contributed by atoms with Crippen LogP contribution in [0.2, 0.25) is 5.02 Å². The van der Waals surface area contributed by atoms with Crippen LogP contribution in [0.25, 0.3) is 0 Å². The van der Waals surface area contributed by atoms with E-state index in [4.69, 9.17) is 16.7 Å². The number of nitrogens with one attached hydrogen (secondary N) is 2. The number of carbonyl (C=O) groups is 2. The molecule has 0 aliphatic heterocycles. The maximum atomic E-state index is 11.8. The monoisotopic (exact) mass is 313 g/mol. The Balaban J connectivity index is 2.68. The molecule has 0 spiro atoms. The fourth-order valence-corrected chi connectivity index (χ4v) is 1.60. The summed E-state index contributed by atoms with van der Waals surface area (Å²) < 4.78 is 0. The molecule has 2 amide bonds. The molecule has 0 aliphatic rings. The zero-order chi connectivity index (χ0) is 16.2. The van der Waals surface area contributed by atoms with Crippen LogP contribution in [0.1, 0.15) is 24.2 Å². The maximum absolute atomic E-state index is 11.8. The van der Waals surface area contributed by atoms with Crippen LogP contribution in [0, 0.1) is 0 Å². The average Bonchev–Trinajstić information content (AvgIpc) is 2.38. The number of benzene rings is 1. The van der Waals surface area contributed by atoms with E-state index in [0.717, 1.165) is 0 Å². The van der Waals surface area contributed by atoms with Gasteiger partial charge in [-0.15, -0.1) is 0 Å². The summed E-state index contributed by atoms with van der Waals surface area (Å²) in [5.41, 5.74) is 0.129. The minimum atomic E-state index is -1.14. The number of hydrogen-bond acceptors (Lipinski definition) is 3. The number of nitrogens with zero attached hydrogens (tertiary/aromatic N) is 1. The lowest BCUT2D eigenvalue weighted by atomic mass is 10.1. The van der Waals surface area contributed by atoms with E-state index in [-0.39, 0.29) is 16.1 Å². The number of carboxylic acid groups (broad SMARTS) is 1. The number of likely N-dealkylation sites (N-methyl/N-ethyl adjacent to an activating group) is 1. The molecule has 1 rings (SSSR count). The van der Waals surface area contributed by atoms with Crippen LogP contribution in [-0.2, 0) is 0 Å². The highest BCUT2D eigenvalue weighted by atomic mass is 35.5. The lowest BCUT2D eigenvalue weighted by Crippen LogP contribution is -2.49. The SMILES string of the molecule is CN(C)C(C)(C)CNC(=O)Nc1ccc(Cl)c(C(=O)O)c1. The Kier molecular flexibility index (Phi) is 5.57. The average molecular weight is 314 g/mol. The van der Waals surface area contributed by atoms with Crippen molar-refractivity contribution in [2.75, 3.05) is 26.0 Å². The zero-order valence-electron chi connectivity index (χ0n) is 12.5. The summed E-state index contributed by atoms with van der Waals surface area (Å²) in [6.45, 7) is 4.45.